The summed E-state index contributed by atoms with van der Waals surface area (Å²) in [4.78, 5) is 0. The normalized spacial score (nSPS) is 27.3. The first kappa shape index (κ1) is 12.0. The highest BCUT2D eigenvalue weighted by Gasteiger charge is 2.20. The van der Waals surface area contributed by atoms with Crippen LogP contribution >= 0.6 is 0 Å². The number of nitrogens with one attached hydrogen (secondary N) is 1. The number of ether oxygens (including phenoxy) is 1. The molecule has 2 heteroatoms. The largest absolute Gasteiger partial charge is 0.382 e. The van der Waals surface area contributed by atoms with Crippen LogP contribution in [-0.4, -0.2) is 19.3 Å². The maximum Gasteiger partial charge on any atom is 0.0494 e. The number of hydrogen-bond donors (Lipinski definition) is 1. The van der Waals surface area contributed by atoms with E-state index in [2.05, 4.69) is 29.6 Å². The van der Waals surface area contributed by atoms with E-state index in [4.69, 9.17) is 4.74 Å². The zero-order valence-electron chi connectivity index (χ0n) is 11.0. The maximum atomic E-state index is 5.56. The van der Waals surface area contributed by atoms with Crippen LogP contribution in [0.4, 0.5) is 5.69 Å². The van der Waals surface area contributed by atoms with E-state index in [0.717, 1.165) is 19.1 Å². The molecule has 0 aliphatic carbocycles. The highest BCUT2D eigenvalue weighted by Crippen LogP contribution is 2.28. The Kier molecular flexibility index (Phi) is 3.84. The standard InChI is InChI=1S/C16H23NO/c1-2-6-16-14(5-1)8-10-15(17-16)9-7-13-4-3-11-18-12-13/h1-2,5-6,13,15,17H,3-4,7-12H2. The average molecular weight is 245 g/mol. The van der Waals surface area contributed by atoms with Crippen LogP contribution in [0.3, 0.4) is 0 Å². The number of anilines is 1. The molecule has 0 aromatic heterocycles. The summed E-state index contributed by atoms with van der Waals surface area (Å²) < 4.78 is 5.56. The smallest absolute Gasteiger partial charge is 0.0494 e. The third kappa shape index (κ3) is 2.86. The monoisotopic (exact) mass is 245 g/mol. The Hall–Kier alpha value is -1.02. The summed E-state index contributed by atoms with van der Waals surface area (Å²) in [6.45, 7) is 1.97. The van der Waals surface area contributed by atoms with Crippen molar-refractivity contribution in [3.05, 3.63) is 29.8 Å². The number of aryl methyl sites for hydroxylation is 1. The number of fused-ring (bicyclic) bond motifs is 1. The molecule has 1 N–H and O–H groups in total. The molecule has 98 valence electrons. The van der Waals surface area contributed by atoms with Crippen molar-refractivity contribution in [2.45, 2.75) is 44.6 Å². The van der Waals surface area contributed by atoms with Gasteiger partial charge in [0.2, 0.25) is 0 Å². The van der Waals surface area contributed by atoms with Crippen molar-refractivity contribution >= 4 is 5.69 Å². The van der Waals surface area contributed by atoms with Crippen LogP contribution in [0.2, 0.25) is 0 Å². The third-order valence-corrected chi connectivity index (χ3v) is 4.32. The Morgan fingerprint density at radius 3 is 3.00 bits per heavy atom. The fourth-order valence-electron chi connectivity index (χ4n) is 3.19. The summed E-state index contributed by atoms with van der Waals surface area (Å²) in [5.74, 6) is 0.803. The molecule has 2 unspecified atom stereocenters. The Bertz CT molecular complexity index is 384. The van der Waals surface area contributed by atoms with Crippen LogP contribution in [0.15, 0.2) is 24.3 Å². The Balaban J connectivity index is 1.50. The fourth-order valence-corrected chi connectivity index (χ4v) is 3.19. The van der Waals surface area contributed by atoms with Gasteiger partial charge in [-0.3, -0.25) is 0 Å². The Labute approximate surface area is 110 Å². The van der Waals surface area contributed by atoms with E-state index in [0.29, 0.717) is 6.04 Å². The van der Waals surface area contributed by atoms with Crippen LogP contribution in [0.1, 0.15) is 37.7 Å². The van der Waals surface area contributed by atoms with Gasteiger partial charge in [0.15, 0.2) is 0 Å². The predicted molar refractivity (Wildman–Crippen MR) is 75.0 cm³/mol. The predicted octanol–water partition coefficient (Wildman–Crippen LogP) is 3.62. The maximum absolute atomic E-state index is 5.56. The van der Waals surface area contributed by atoms with Gasteiger partial charge in [-0.05, 0) is 56.1 Å². The van der Waals surface area contributed by atoms with Gasteiger partial charge in [0, 0.05) is 24.9 Å². The third-order valence-electron chi connectivity index (χ3n) is 4.32. The van der Waals surface area contributed by atoms with Crippen LogP contribution < -0.4 is 5.32 Å². The van der Waals surface area contributed by atoms with Crippen LogP contribution in [0.5, 0.6) is 0 Å². The molecule has 3 rings (SSSR count). The highest BCUT2D eigenvalue weighted by molar-refractivity contribution is 5.53. The van der Waals surface area contributed by atoms with E-state index < -0.39 is 0 Å². The molecule has 0 spiro atoms. The van der Waals surface area contributed by atoms with E-state index in [1.165, 1.54) is 49.8 Å². The first-order chi connectivity index (χ1) is 8.92. The molecule has 2 aliphatic heterocycles. The van der Waals surface area contributed by atoms with Gasteiger partial charge in [-0.2, -0.15) is 0 Å². The van der Waals surface area contributed by atoms with E-state index >= 15 is 0 Å². The molecule has 0 amide bonds. The molecular formula is C16H23NO. The minimum Gasteiger partial charge on any atom is -0.382 e. The van der Waals surface area contributed by atoms with Gasteiger partial charge in [-0.1, -0.05) is 18.2 Å². The second-order valence-corrected chi connectivity index (χ2v) is 5.70. The minimum atomic E-state index is 0.668. The SMILES string of the molecule is c1ccc2c(c1)CCC(CCC1CCCOC1)N2. The lowest BCUT2D eigenvalue weighted by Crippen LogP contribution is -2.27. The first-order valence-electron chi connectivity index (χ1n) is 7.34. The van der Waals surface area contributed by atoms with Gasteiger partial charge in [0.25, 0.3) is 0 Å². The van der Waals surface area contributed by atoms with Crippen molar-refractivity contribution in [3.8, 4) is 0 Å². The van der Waals surface area contributed by atoms with Gasteiger partial charge in [0.05, 0.1) is 0 Å². The van der Waals surface area contributed by atoms with Crippen LogP contribution in [-0.2, 0) is 11.2 Å². The topological polar surface area (TPSA) is 21.3 Å². The second-order valence-electron chi connectivity index (χ2n) is 5.70. The zero-order valence-corrected chi connectivity index (χ0v) is 11.0. The molecule has 2 aliphatic rings. The van der Waals surface area contributed by atoms with Gasteiger partial charge in [-0.15, -0.1) is 0 Å². The van der Waals surface area contributed by atoms with Gasteiger partial charge < -0.3 is 10.1 Å². The lowest BCUT2D eigenvalue weighted by Gasteiger charge is -2.29. The lowest BCUT2D eigenvalue weighted by atomic mass is 9.90. The molecule has 1 fully saturated rings. The summed E-state index contributed by atoms with van der Waals surface area (Å²) in [6, 6.07) is 9.39. The van der Waals surface area contributed by atoms with E-state index in [1.807, 2.05) is 0 Å². The van der Waals surface area contributed by atoms with Crippen LogP contribution in [0, 0.1) is 5.92 Å². The molecule has 1 aromatic rings. The summed E-state index contributed by atoms with van der Waals surface area (Å²) >= 11 is 0. The van der Waals surface area contributed by atoms with Crippen molar-refractivity contribution in [2.75, 3.05) is 18.5 Å². The zero-order chi connectivity index (χ0) is 12.2. The quantitative estimate of drug-likeness (QED) is 0.878. The molecule has 2 heterocycles. The molecule has 2 atom stereocenters. The van der Waals surface area contributed by atoms with Crippen molar-refractivity contribution in [3.63, 3.8) is 0 Å². The van der Waals surface area contributed by atoms with Crippen molar-refractivity contribution in [1.29, 1.82) is 0 Å². The minimum absolute atomic E-state index is 0.668. The van der Waals surface area contributed by atoms with Crippen molar-refractivity contribution < 1.29 is 4.74 Å². The number of benzene rings is 1. The summed E-state index contributed by atoms with van der Waals surface area (Å²) in [5.41, 5.74) is 2.84. The number of rotatable bonds is 3. The number of hydrogen-bond acceptors (Lipinski definition) is 2. The van der Waals surface area contributed by atoms with E-state index in [9.17, 15) is 0 Å². The molecule has 1 saturated heterocycles. The molecular weight excluding hydrogens is 222 g/mol. The molecule has 18 heavy (non-hydrogen) atoms. The van der Waals surface area contributed by atoms with Crippen molar-refractivity contribution in [2.24, 2.45) is 5.92 Å². The lowest BCUT2D eigenvalue weighted by molar-refractivity contribution is 0.0504. The van der Waals surface area contributed by atoms with Crippen molar-refractivity contribution in [1.82, 2.24) is 0 Å². The van der Waals surface area contributed by atoms with Gasteiger partial charge >= 0.3 is 0 Å². The first-order valence-corrected chi connectivity index (χ1v) is 7.34. The fraction of sp³-hybridized carbons (Fsp3) is 0.625. The Morgan fingerprint density at radius 1 is 1.17 bits per heavy atom. The second kappa shape index (κ2) is 5.75. The number of para-hydroxylation sites is 1. The molecule has 1 aromatic carbocycles. The van der Waals surface area contributed by atoms with E-state index in [1.54, 1.807) is 0 Å². The Morgan fingerprint density at radius 2 is 2.11 bits per heavy atom. The molecule has 0 saturated carbocycles. The highest BCUT2D eigenvalue weighted by atomic mass is 16.5. The van der Waals surface area contributed by atoms with Gasteiger partial charge in [-0.25, -0.2) is 0 Å². The summed E-state index contributed by atoms with van der Waals surface area (Å²) in [7, 11) is 0. The van der Waals surface area contributed by atoms with E-state index in [-0.39, 0.29) is 0 Å². The van der Waals surface area contributed by atoms with Crippen LogP contribution in [0.25, 0.3) is 0 Å². The summed E-state index contributed by atoms with van der Waals surface area (Å²) in [5, 5.41) is 3.70. The molecule has 0 radical (unpaired) electrons. The average Bonchev–Trinajstić information content (AvgIpc) is 2.46. The van der Waals surface area contributed by atoms with Gasteiger partial charge in [0.1, 0.15) is 0 Å². The molecule has 2 nitrogen and oxygen atoms in total. The molecule has 0 bridgehead atoms. The summed E-state index contributed by atoms with van der Waals surface area (Å²) in [6.07, 6.45) is 7.75.